The summed E-state index contributed by atoms with van der Waals surface area (Å²) >= 11 is 0. The second-order valence-corrected chi connectivity index (χ2v) is 8.58. The van der Waals surface area contributed by atoms with Crippen LogP contribution in [-0.2, 0) is 0 Å². The highest BCUT2D eigenvalue weighted by Crippen LogP contribution is 2.28. The molecular weight excluding hydrogens is 414 g/mol. The molecule has 6 heteroatoms. The zero-order valence-corrected chi connectivity index (χ0v) is 19.0. The van der Waals surface area contributed by atoms with Crippen LogP contribution in [0.4, 0.5) is 5.69 Å². The molecule has 1 saturated heterocycles. The number of para-hydroxylation sites is 1. The molecule has 0 atom stereocenters. The Morgan fingerprint density at radius 2 is 1.61 bits per heavy atom. The number of carbonyl (C=O) groups is 2. The molecule has 33 heavy (non-hydrogen) atoms. The molecule has 2 amide bonds. The van der Waals surface area contributed by atoms with Gasteiger partial charge in [-0.1, -0.05) is 44.2 Å². The lowest BCUT2D eigenvalue weighted by atomic mass is 9.99. The third-order valence-electron chi connectivity index (χ3n) is 5.88. The Morgan fingerprint density at radius 3 is 2.30 bits per heavy atom. The highest BCUT2D eigenvalue weighted by atomic mass is 16.3. The van der Waals surface area contributed by atoms with E-state index in [4.69, 9.17) is 0 Å². The van der Waals surface area contributed by atoms with Crippen molar-refractivity contribution in [1.29, 1.82) is 0 Å². The average Bonchev–Trinajstić information content (AvgIpc) is 2.84. The van der Waals surface area contributed by atoms with Gasteiger partial charge in [-0.25, -0.2) is 0 Å². The van der Waals surface area contributed by atoms with Gasteiger partial charge in [0.15, 0.2) is 0 Å². The van der Waals surface area contributed by atoms with E-state index in [1.165, 1.54) is 6.07 Å². The van der Waals surface area contributed by atoms with Gasteiger partial charge in [0.05, 0.1) is 0 Å². The highest BCUT2D eigenvalue weighted by molar-refractivity contribution is 6.05. The van der Waals surface area contributed by atoms with Gasteiger partial charge < -0.3 is 20.6 Å². The second-order valence-electron chi connectivity index (χ2n) is 8.58. The van der Waals surface area contributed by atoms with Crippen molar-refractivity contribution in [1.82, 2.24) is 10.2 Å². The summed E-state index contributed by atoms with van der Waals surface area (Å²) in [5, 5.41) is 16.5. The number of benzene rings is 3. The summed E-state index contributed by atoms with van der Waals surface area (Å²) in [6, 6.07) is 19.8. The van der Waals surface area contributed by atoms with Crippen LogP contribution in [0, 0.1) is 0 Å². The van der Waals surface area contributed by atoms with E-state index >= 15 is 0 Å². The van der Waals surface area contributed by atoms with Gasteiger partial charge in [-0.15, -0.1) is 0 Å². The van der Waals surface area contributed by atoms with Gasteiger partial charge in [0.1, 0.15) is 5.75 Å². The van der Waals surface area contributed by atoms with Gasteiger partial charge in [-0.3, -0.25) is 9.59 Å². The summed E-state index contributed by atoms with van der Waals surface area (Å²) in [6.45, 7) is 7.17. The maximum Gasteiger partial charge on any atom is 0.255 e. The monoisotopic (exact) mass is 443 g/mol. The minimum Gasteiger partial charge on any atom is -0.508 e. The average molecular weight is 444 g/mol. The number of rotatable bonds is 5. The van der Waals surface area contributed by atoms with E-state index in [0.717, 1.165) is 29.9 Å². The van der Waals surface area contributed by atoms with Crippen molar-refractivity contribution in [3.8, 4) is 16.9 Å². The maximum atomic E-state index is 13.0. The topological polar surface area (TPSA) is 81.7 Å². The van der Waals surface area contributed by atoms with Crippen LogP contribution in [0.3, 0.4) is 0 Å². The van der Waals surface area contributed by atoms with Crippen LogP contribution in [0.15, 0.2) is 66.7 Å². The normalized spacial score (nSPS) is 13.7. The summed E-state index contributed by atoms with van der Waals surface area (Å²) < 4.78 is 0. The van der Waals surface area contributed by atoms with Crippen LogP contribution in [0.1, 0.15) is 46.0 Å². The highest BCUT2D eigenvalue weighted by Gasteiger charge is 2.18. The van der Waals surface area contributed by atoms with Crippen molar-refractivity contribution in [2.24, 2.45) is 0 Å². The first-order valence-electron chi connectivity index (χ1n) is 11.3. The zero-order chi connectivity index (χ0) is 23.4. The molecule has 3 N–H and O–H groups in total. The fourth-order valence-electron chi connectivity index (χ4n) is 4.07. The Morgan fingerprint density at radius 1 is 0.909 bits per heavy atom. The first-order valence-corrected chi connectivity index (χ1v) is 11.3. The molecule has 1 aliphatic heterocycles. The second kappa shape index (κ2) is 9.88. The lowest BCUT2D eigenvalue weighted by molar-refractivity contribution is 0.0735. The van der Waals surface area contributed by atoms with Crippen molar-refractivity contribution in [3.05, 3.63) is 83.4 Å². The molecule has 170 valence electrons. The van der Waals surface area contributed by atoms with Crippen LogP contribution in [-0.4, -0.2) is 48.0 Å². The Kier molecular flexibility index (Phi) is 6.75. The predicted molar refractivity (Wildman–Crippen MR) is 131 cm³/mol. The summed E-state index contributed by atoms with van der Waals surface area (Å²) in [5.74, 6) is 0.00743. The SMILES string of the molecule is CC(C)c1ccccc1NC(=O)c1cc(O)cc(-c2ccc(C(=O)N3CCNCC3)cc2)c1. The molecule has 4 rings (SSSR count). The van der Waals surface area contributed by atoms with Crippen LogP contribution < -0.4 is 10.6 Å². The number of phenolic OH excluding ortho intramolecular Hbond substituents is 1. The van der Waals surface area contributed by atoms with E-state index in [2.05, 4.69) is 24.5 Å². The number of amides is 2. The Labute approximate surface area is 194 Å². The number of nitrogens with one attached hydrogen (secondary N) is 2. The zero-order valence-electron chi connectivity index (χ0n) is 19.0. The van der Waals surface area contributed by atoms with Crippen LogP contribution in [0.2, 0.25) is 0 Å². The quantitative estimate of drug-likeness (QED) is 0.543. The van der Waals surface area contributed by atoms with Crippen LogP contribution in [0.25, 0.3) is 11.1 Å². The number of hydrogen-bond acceptors (Lipinski definition) is 4. The molecule has 0 saturated carbocycles. The van der Waals surface area contributed by atoms with Crippen molar-refractivity contribution in [2.45, 2.75) is 19.8 Å². The molecule has 0 spiro atoms. The Bertz CT molecular complexity index is 1150. The fraction of sp³-hybridized carbons (Fsp3) is 0.259. The number of carbonyl (C=O) groups excluding carboxylic acids is 2. The van der Waals surface area contributed by atoms with E-state index in [-0.39, 0.29) is 23.5 Å². The largest absolute Gasteiger partial charge is 0.508 e. The van der Waals surface area contributed by atoms with Crippen molar-refractivity contribution in [2.75, 3.05) is 31.5 Å². The molecule has 1 heterocycles. The molecule has 0 bridgehead atoms. The van der Waals surface area contributed by atoms with Crippen LogP contribution in [0.5, 0.6) is 5.75 Å². The Hall–Kier alpha value is -3.64. The molecule has 0 unspecified atom stereocenters. The van der Waals surface area contributed by atoms with Crippen molar-refractivity contribution < 1.29 is 14.7 Å². The van der Waals surface area contributed by atoms with E-state index in [1.807, 2.05) is 41.3 Å². The maximum absolute atomic E-state index is 13.0. The number of phenols is 1. The van der Waals surface area contributed by atoms with Gasteiger partial charge in [0.2, 0.25) is 0 Å². The number of anilines is 1. The van der Waals surface area contributed by atoms with E-state index in [0.29, 0.717) is 29.8 Å². The molecule has 0 radical (unpaired) electrons. The summed E-state index contributed by atoms with van der Waals surface area (Å²) in [5.41, 5.74) is 4.33. The van der Waals surface area contributed by atoms with Crippen molar-refractivity contribution >= 4 is 17.5 Å². The predicted octanol–water partition coefficient (Wildman–Crippen LogP) is 4.48. The fourth-order valence-corrected chi connectivity index (χ4v) is 4.07. The summed E-state index contributed by atoms with van der Waals surface area (Å²) in [4.78, 5) is 27.5. The molecule has 0 aromatic heterocycles. The lowest BCUT2D eigenvalue weighted by Gasteiger charge is -2.27. The van der Waals surface area contributed by atoms with Gasteiger partial charge in [-0.05, 0) is 59.0 Å². The first-order chi connectivity index (χ1) is 15.9. The van der Waals surface area contributed by atoms with Gasteiger partial charge in [-0.2, -0.15) is 0 Å². The van der Waals surface area contributed by atoms with Crippen LogP contribution >= 0.6 is 0 Å². The van der Waals surface area contributed by atoms with E-state index in [1.54, 1.807) is 24.3 Å². The van der Waals surface area contributed by atoms with Crippen molar-refractivity contribution in [3.63, 3.8) is 0 Å². The number of hydrogen-bond donors (Lipinski definition) is 3. The molecule has 1 aliphatic rings. The molecule has 3 aromatic carbocycles. The lowest BCUT2D eigenvalue weighted by Crippen LogP contribution is -2.46. The number of nitrogens with zero attached hydrogens (tertiary/aromatic N) is 1. The Balaban J connectivity index is 1.55. The van der Waals surface area contributed by atoms with Gasteiger partial charge in [0.25, 0.3) is 11.8 Å². The summed E-state index contributed by atoms with van der Waals surface area (Å²) in [7, 11) is 0. The molecule has 6 nitrogen and oxygen atoms in total. The minimum atomic E-state index is -0.286. The third kappa shape index (κ3) is 5.23. The van der Waals surface area contributed by atoms with E-state index in [9.17, 15) is 14.7 Å². The standard InChI is InChI=1S/C27H29N3O3/c1-18(2)24-5-3-4-6-25(24)29-26(32)22-15-21(16-23(31)17-22)19-7-9-20(10-8-19)27(33)30-13-11-28-12-14-30/h3-10,15-18,28,31H,11-14H2,1-2H3,(H,29,32). The summed E-state index contributed by atoms with van der Waals surface area (Å²) in [6.07, 6.45) is 0. The van der Waals surface area contributed by atoms with Gasteiger partial charge >= 0.3 is 0 Å². The molecule has 3 aromatic rings. The van der Waals surface area contributed by atoms with E-state index < -0.39 is 0 Å². The first kappa shape index (κ1) is 22.6. The smallest absolute Gasteiger partial charge is 0.255 e. The molecular formula is C27H29N3O3. The number of piperazine rings is 1. The molecule has 1 fully saturated rings. The van der Waals surface area contributed by atoms with Gasteiger partial charge in [0, 0.05) is 43.0 Å². The minimum absolute atomic E-state index is 0.00997. The number of aromatic hydroxyl groups is 1. The third-order valence-corrected chi connectivity index (χ3v) is 5.88. The molecule has 0 aliphatic carbocycles.